The maximum absolute atomic E-state index is 6.08. The van der Waals surface area contributed by atoms with Gasteiger partial charge >= 0.3 is 0 Å². The largest absolute Gasteiger partial charge is 0.346 e. The van der Waals surface area contributed by atoms with E-state index >= 15 is 0 Å². The number of hydrogen-bond donors (Lipinski definition) is 0. The highest BCUT2D eigenvalue weighted by molar-refractivity contribution is 6.42. The molecular weight excluding hydrogens is 339 g/mol. The number of para-hydroxylation sites is 1. The van der Waals surface area contributed by atoms with Crippen LogP contribution in [0.3, 0.4) is 0 Å². The van der Waals surface area contributed by atoms with Gasteiger partial charge in [-0.1, -0.05) is 60.5 Å². The highest BCUT2D eigenvalue weighted by Gasteiger charge is 2.13. The molecule has 0 unspecified atom stereocenters. The van der Waals surface area contributed by atoms with Gasteiger partial charge in [-0.2, -0.15) is 0 Å². The number of rotatable bonds is 4. The lowest BCUT2D eigenvalue weighted by Gasteiger charge is -2.21. The molecule has 0 saturated heterocycles. The molecule has 24 heavy (non-hydrogen) atoms. The lowest BCUT2D eigenvalue weighted by Crippen LogP contribution is -2.18. The van der Waals surface area contributed by atoms with Crippen molar-refractivity contribution in [1.29, 1.82) is 0 Å². The van der Waals surface area contributed by atoms with Gasteiger partial charge < -0.3 is 4.90 Å². The Morgan fingerprint density at radius 1 is 1.04 bits per heavy atom. The molecule has 0 aromatic heterocycles. The van der Waals surface area contributed by atoms with Crippen LogP contribution in [0.15, 0.2) is 65.9 Å². The summed E-state index contributed by atoms with van der Waals surface area (Å²) in [6.45, 7) is 3.14. The lowest BCUT2D eigenvalue weighted by molar-refractivity contribution is 0.879. The van der Waals surface area contributed by atoms with Crippen LogP contribution < -0.4 is 4.90 Å². The zero-order valence-electron chi connectivity index (χ0n) is 13.4. The molecular formula is C20H18Cl2N2. The van der Waals surface area contributed by atoms with Crippen LogP contribution in [0.5, 0.6) is 0 Å². The standard InChI is InChI=1S/C20H18Cl2N2/c1-2-12-24-13-11-23-19(16-5-3-4-6-20(16)24)10-8-15-7-9-17(21)18(22)14-15/h3-11,13-14H,2,12H2,1H3. The third-order valence-electron chi connectivity index (χ3n) is 3.79. The van der Waals surface area contributed by atoms with E-state index in [1.807, 2.05) is 42.8 Å². The van der Waals surface area contributed by atoms with E-state index in [-0.39, 0.29) is 0 Å². The number of benzene rings is 2. The summed E-state index contributed by atoms with van der Waals surface area (Å²) in [5.41, 5.74) is 4.20. The fourth-order valence-corrected chi connectivity index (χ4v) is 2.95. The normalized spacial score (nSPS) is 13.8. The molecule has 122 valence electrons. The van der Waals surface area contributed by atoms with Gasteiger partial charge in [-0.15, -0.1) is 0 Å². The van der Waals surface area contributed by atoms with Gasteiger partial charge in [0.2, 0.25) is 0 Å². The third-order valence-corrected chi connectivity index (χ3v) is 4.53. The SMILES string of the molecule is CCCN1C=CN=C(C=Cc2ccc(Cl)c(Cl)c2)c2ccccc21. The summed E-state index contributed by atoms with van der Waals surface area (Å²) in [7, 11) is 0. The summed E-state index contributed by atoms with van der Waals surface area (Å²) in [4.78, 5) is 6.84. The van der Waals surface area contributed by atoms with Crippen LogP contribution in [0.2, 0.25) is 10.0 Å². The van der Waals surface area contributed by atoms with Gasteiger partial charge in [0.05, 0.1) is 21.4 Å². The van der Waals surface area contributed by atoms with Crippen LogP contribution in [-0.2, 0) is 0 Å². The molecule has 0 atom stereocenters. The van der Waals surface area contributed by atoms with Crippen molar-refractivity contribution in [1.82, 2.24) is 0 Å². The van der Waals surface area contributed by atoms with Crippen LogP contribution in [0.25, 0.3) is 6.08 Å². The first-order valence-corrected chi connectivity index (χ1v) is 8.68. The highest BCUT2D eigenvalue weighted by atomic mass is 35.5. The average Bonchev–Trinajstić information content (AvgIpc) is 2.76. The number of allylic oxidation sites excluding steroid dienone is 1. The van der Waals surface area contributed by atoms with Crippen molar-refractivity contribution in [2.45, 2.75) is 13.3 Å². The number of nitrogens with zero attached hydrogens (tertiary/aromatic N) is 2. The number of aliphatic imine (C=N–C) groups is 1. The predicted molar refractivity (Wildman–Crippen MR) is 105 cm³/mol. The minimum Gasteiger partial charge on any atom is -0.346 e. The summed E-state index contributed by atoms with van der Waals surface area (Å²) in [6.07, 6.45) is 8.97. The van der Waals surface area contributed by atoms with Gasteiger partial charge in [-0.05, 0) is 36.3 Å². The molecule has 0 amide bonds. The van der Waals surface area contributed by atoms with Crippen molar-refractivity contribution in [3.63, 3.8) is 0 Å². The Labute approximate surface area is 152 Å². The summed E-state index contributed by atoms with van der Waals surface area (Å²) in [5.74, 6) is 0. The quantitative estimate of drug-likeness (QED) is 0.636. The molecule has 0 radical (unpaired) electrons. The third kappa shape index (κ3) is 3.72. The Morgan fingerprint density at radius 3 is 2.67 bits per heavy atom. The van der Waals surface area contributed by atoms with Crippen LogP contribution in [-0.4, -0.2) is 12.3 Å². The van der Waals surface area contributed by atoms with E-state index in [4.69, 9.17) is 23.2 Å². The highest BCUT2D eigenvalue weighted by Crippen LogP contribution is 2.26. The Bertz CT molecular complexity index is 822. The minimum absolute atomic E-state index is 0.552. The van der Waals surface area contributed by atoms with Gasteiger partial charge in [0.1, 0.15) is 0 Å². The van der Waals surface area contributed by atoms with Crippen LogP contribution in [0.1, 0.15) is 24.5 Å². The van der Waals surface area contributed by atoms with Crippen LogP contribution in [0, 0.1) is 0 Å². The van der Waals surface area contributed by atoms with Gasteiger partial charge in [-0.3, -0.25) is 4.99 Å². The smallest absolute Gasteiger partial charge is 0.0723 e. The second-order valence-corrected chi connectivity index (χ2v) is 6.34. The molecule has 4 heteroatoms. The summed E-state index contributed by atoms with van der Waals surface area (Å²) in [5, 5.41) is 1.11. The number of halogens is 2. The molecule has 1 aliphatic rings. The number of fused-ring (bicyclic) bond motifs is 1. The van der Waals surface area contributed by atoms with Gasteiger partial charge in [0.25, 0.3) is 0 Å². The average molecular weight is 357 g/mol. The fraction of sp³-hybridized carbons (Fsp3) is 0.150. The van der Waals surface area contributed by atoms with Crippen LogP contribution in [0.4, 0.5) is 5.69 Å². The number of hydrogen-bond acceptors (Lipinski definition) is 2. The molecule has 2 nitrogen and oxygen atoms in total. The van der Waals surface area contributed by atoms with Crippen molar-refractivity contribution in [3.8, 4) is 0 Å². The van der Waals surface area contributed by atoms with Crippen molar-refractivity contribution >= 4 is 40.7 Å². The van der Waals surface area contributed by atoms with E-state index < -0.39 is 0 Å². The molecule has 2 aromatic carbocycles. The van der Waals surface area contributed by atoms with E-state index in [1.165, 1.54) is 5.69 Å². The molecule has 0 saturated carbocycles. The van der Waals surface area contributed by atoms with E-state index in [9.17, 15) is 0 Å². The molecule has 1 aliphatic heterocycles. The fourth-order valence-electron chi connectivity index (χ4n) is 2.64. The molecule has 1 heterocycles. The summed E-state index contributed by atoms with van der Waals surface area (Å²) >= 11 is 12.1. The molecule has 0 spiro atoms. The van der Waals surface area contributed by atoms with E-state index in [0.29, 0.717) is 10.0 Å². The van der Waals surface area contributed by atoms with E-state index in [0.717, 1.165) is 29.8 Å². The zero-order valence-corrected chi connectivity index (χ0v) is 14.9. The Kier molecular flexibility index (Phi) is 5.39. The summed E-state index contributed by atoms with van der Waals surface area (Å²) < 4.78 is 0. The minimum atomic E-state index is 0.552. The number of anilines is 1. The zero-order chi connectivity index (χ0) is 16.9. The molecule has 0 fully saturated rings. The van der Waals surface area contributed by atoms with Gasteiger partial charge in [0, 0.05) is 24.5 Å². The van der Waals surface area contributed by atoms with Crippen molar-refractivity contribution < 1.29 is 0 Å². The van der Waals surface area contributed by atoms with Gasteiger partial charge in [-0.25, -0.2) is 0 Å². The predicted octanol–water partition coefficient (Wildman–Crippen LogP) is 6.20. The Morgan fingerprint density at radius 2 is 1.88 bits per heavy atom. The van der Waals surface area contributed by atoms with E-state index in [1.54, 1.807) is 6.07 Å². The van der Waals surface area contributed by atoms with Crippen molar-refractivity contribution in [3.05, 3.63) is 82.1 Å². The first-order valence-electron chi connectivity index (χ1n) is 7.92. The topological polar surface area (TPSA) is 15.6 Å². The van der Waals surface area contributed by atoms with Crippen LogP contribution >= 0.6 is 23.2 Å². The first kappa shape index (κ1) is 16.8. The molecule has 0 aliphatic carbocycles. The monoisotopic (exact) mass is 356 g/mol. The lowest BCUT2D eigenvalue weighted by atomic mass is 10.1. The first-order chi connectivity index (χ1) is 11.7. The molecule has 0 bridgehead atoms. The molecule has 3 rings (SSSR count). The molecule has 2 aromatic rings. The Hall–Kier alpha value is -2.03. The summed E-state index contributed by atoms with van der Waals surface area (Å²) in [6, 6.07) is 13.9. The second kappa shape index (κ2) is 7.69. The molecule has 0 N–H and O–H groups in total. The maximum Gasteiger partial charge on any atom is 0.0723 e. The maximum atomic E-state index is 6.08. The second-order valence-electron chi connectivity index (χ2n) is 5.53. The Balaban J connectivity index is 1.94. The van der Waals surface area contributed by atoms with Gasteiger partial charge in [0.15, 0.2) is 0 Å². The van der Waals surface area contributed by atoms with Crippen molar-refractivity contribution in [2.75, 3.05) is 11.4 Å². The van der Waals surface area contributed by atoms with Crippen molar-refractivity contribution in [2.24, 2.45) is 4.99 Å². The van der Waals surface area contributed by atoms with E-state index in [2.05, 4.69) is 35.0 Å².